The minimum atomic E-state index is -0.711. The smallest absolute Gasteiger partial charge is 0.277 e. The van der Waals surface area contributed by atoms with Crippen LogP contribution in [0.4, 0.5) is 11.4 Å². The zero-order chi connectivity index (χ0) is 18.4. The van der Waals surface area contributed by atoms with Gasteiger partial charge < -0.3 is 4.98 Å². The summed E-state index contributed by atoms with van der Waals surface area (Å²) in [4.78, 5) is 42.1. The van der Waals surface area contributed by atoms with Gasteiger partial charge in [-0.2, -0.15) is 0 Å². The van der Waals surface area contributed by atoms with Crippen molar-refractivity contribution < 1.29 is 9.85 Å². The lowest BCUT2D eigenvalue weighted by Gasteiger charge is -2.09. The molecule has 2 aromatic heterocycles. The highest BCUT2D eigenvalue weighted by molar-refractivity contribution is 7.18. The quantitative estimate of drug-likeness (QED) is 0.554. The molecule has 0 radical (unpaired) electrons. The summed E-state index contributed by atoms with van der Waals surface area (Å²) in [5, 5.41) is 22.7. The van der Waals surface area contributed by atoms with Crippen LogP contribution >= 0.6 is 11.3 Å². The molecule has 0 spiro atoms. The Labute approximate surface area is 149 Å². The van der Waals surface area contributed by atoms with E-state index in [4.69, 9.17) is 0 Å². The Morgan fingerprint density at radius 1 is 1.04 bits per heavy atom. The first-order valence-corrected chi connectivity index (χ1v) is 8.74. The van der Waals surface area contributed by atoms with Crippen molar-refractivity contribution in [2.24, 2.45) is 0 Å². The van der Waals surface area contributed by atoms with E-state index in [0.717, 1.165) is 42.2 Å². The largest absolute Gasteiger partial charge is 0.306 e. The van der Waals surface area contributed by atoms with Gasteiger partial charge in [0.15, 0.2) is 0 Å². The molecular weight excluding hydrogens is 360 g/mol. The number of aromatic nitrogens is 2. The van der Waals surface area contributed by atoms with Crippen molar-refractivity contribution in [2.75, 3.05) is 0 Å². The summed E-state index contributed by atoms with van der Waals surface area (Å²) in [6, 6.07) is 3.22. The molecule has 0 atom stereocenters. The molecule has 132 valence electrons. The zero-order valence-electron chi connectivity index (χ0n) is 13.4. The number of hydrogen-bond acceptors (Lipinski definition) is 7. The molecule has 10 heteroatoms. The van der Waals surface area contributed by atoms with E-state index in [0.29, 0.717) is 10.2 Å². The third-order valence-electron chi connectivity index (χ3n) is 4.42. The summed E-state index contributed by atoms with van der Waals surface area (Å²) in [6.07, 6.45) is 3.84. The van der Waals surface area contributed by atoms with Crippen LogP contribution in [0.25, 0.3) is 21.6 Å². The SMILES string of the molecule is O=c1[nH]c(-c2cc([N+](=O)[O-])cc([N+](=O)[O-])c2)nc2sc3c(c12)CCCC3. The van der Waals surface area contributed by atoms with Gasteiger partial charge in [-0.15, -0.1) is 11.3 Å². The first kappa shape index (κ1) is 16.3. The predicted molar refractivity (Wildman–Crippen MR) is 95.6 cm³/mol. The number of nitrogens with one attached hydrogen (secondary N) is 1. The van der Waals surface area contributed by atoms with Gasteiger partial charge in [0, 0.05) is 22.6 Å². The van der Waals surface area contributed by atoms with Crippen molar-refractivity contribution in [2.45, 2.75) is 25.7 Å². The van der Waals surface area contributed by atoms with Crippen LogP contribution < -0.4 is 5.56 Å². The lowest BCUT2D eigenvalue weighted by atomic mass is 9.97. The van der Waals surface area contributed by atoms with E-state index in [1.807, 2.05) is 0 Å². The number of nitro benzene ring substituents is 2. The number of thiophene rings is 1. The normalized spacial score (nSPS) is 13.5. The Bertz CT molecular complexity index is 1100. The van der Waals surface area contributed by atoms with Gasteiger partial charge in [0.2, 0.25) is 0 Å². The minimum Gasteiger partial charge on any atom is -0.306 e. The van der Waals surface area contributed by atoms with Gasteiger partial charge >= 0.3 is 0 Å². The molecule has 0 amide bonds. The van der Waals surface area contributed by atoms with Gasteiger partial charge in [-0.3, -0.25) is 25.0 Å². The number of benzene rings is 1. The number of nitro groups is 2. The molecule has 1 N–H and O–H groups in total. The third-order valence-corrected chi connectivity index (χ3v) is 5.61. The molecule has 0 fully saturated rings. The van der Waals surface area contributed by atoms with E-state index >= 15 is 0 Å². The molecule has 0 saturated heterocycles. The minimum absolute atomic E-state index is 0.0906. The van der Waals surface area contributed by atoms with E-state index in [2.05, 4.69) is 9.97 Å². The molecule has 1 aliphatic rings. The fraction of sp³-hybridized carbons (Fsp3) is 0.250. The number of aromatic amines is 1. The van der Waals surface area contributed by atoms with Crippen LogP contribution in [0.1, 0.15) is 23.3 Å². The van der Waals surface area contributed by atoms with E-state index in [1.165, 1.54) is 23.5 Å². The van der Waals surface area contributed by atoms with E-state index in [9.17, 15) is 25.0 Å². The van der Waals surface area contributed by atoms with Crippen molar-refractivity contribution in [1.82, 2.24) is 9.97 Å². The second-order valence-corrected chi connectivity index (χ2v) is 7.14. The lowest BCUT2D eigenvalue weighted by Crippen LogP contribution is -2.11. The first-order chi connectivity index (χ1) is 12.4. The van der Waals surface area contributed by atoms with E-state index in [-0.39, 0.29) is 16.9 Å². The fourth-order valence-electron chi connectivity index (χ4n) is 3.24. The van der Waals surface area contributed by atoms with Gasteiger partial charge in [0.25, 0.3) is 16.9 Å². The monoisotopic (exact) mass is 372 g/mol. The van der Waals surface area contributed by atoms with Crippen LogP contribution in [0.15, 0.2) is 23.0 Å². The summed E-state index contributed by atoms with van der Waals surface area (Å²) < 4.78 is 0. The molecule has 0 unspecified atom stereocenters. The summed E-state index contributed by atoms with van der Waals surface area (Å²) in [5.74, 6) is 0.0906. The topological polar surface area (TPSA) is 132 Å². The van der Waals surface area contributed by atoms with Gasteiger partial charge in [0.1, 0.15) is 10.7 Å². The molecule has 1 aliphatic carbocycles. The summed E-state index contributed by atoms with van der Waals surface area (Å²) in [6.45, 7) is 0. The van der Waals surface area contributed by atoms with Crippen LogP contribution in [0.5, 0.6) is 0 Å². The number of rotatable bonds is 3. The second kappa shape index (κ2) is 5.99. The van der Waals surface area contributed by atoms with Gasteiger partial charge in [-0.1, -0.05) is 0 Å². The van der Waals surface area contributed by atoms with Gasteiger partial charge in [-0.25, -0.2) is 4.98 Å². The highest BCUT2D eigenvalue weighted by Crippen LogP contribution is 2.35. The summed E-state index contributed by atoms with van der Waals surface area (Å²) in [7, 11) is 0. The Balaban J connectivity index is 1.93. The van der Waals surface area contributed by atoms with Crippen molar-refractivity contribution in [3.63, 3.8) is 0 Å². The lowest BCUT2D eigenvalue weighted by molar-refractivity contribution is -0.394. The maximum atomic E-state index is 12.6. The second-order valence-electron chi connectivity index (χ2n) is 6.06. The molecule has 26 heavy (non-hydrogen) atoms. The van der Waals surface area contributed by atoms with Crippen molar-refractivity contribution in [3.05, 3.63) is 59.2 Å². The summed E-state index contributed by atoms with van der Waals surface area (Å²) in [5.41, 5.74) is -0.0127. The van der Waals surface area contributed by atoms with Crippen molar-refractivity contribution in [1.29, 1.82) is 0 Å². The molecular formula is C16H12N4O5S. The summed E-state index contributed by atoms with van der Waals surface area (Å²) >= 11 is 1.44. The maximum absolute atomic E-state index is 12.6. The standard InChI is InChI=1S/C16H12N4O5S/c21-15-13-11-3-1-2-4-12(11)26-16(13)18-14(17-15)8-5-9(19(22)23)7-10(6-8)20(24)25/h5-7H,1-4H2,(H,17,18,21). The first-order valence-electron chi connectivity index (χ1n) is 7.93. The number of aryl methyl sites for hydroxylation is 2. The van der Waals surface area contributed by atoms with Crippen molar-refractivity contribution in [3.8, 4) is 11.4 Å². The van der Waals surface area contributed by atoms with Gasteiger partial charge in [-0.05, 0) is 31.2 Å². The zero-order valence-corrected chi connectivity index (χ0v) is 14.2. The van der Waals surface area contributed by atoms with Crippen LogP contribution in [-0.2, 0) is 12.8 Å². The molecule has 0 saturated carbocycles. The molecule has 0 bridgehead atoms. The Kier molecular flexibility index (Phi) is 3.76. The average Bonchev–Trinajstić information content (AvgIpc) is 3.00. The fourth-order valence-corrected chi connectivity index (χ4v) is 4.51. The van der Waals surface area contributed by atoms with Crippen molar-refractivity contribution >= 4 is 32.9 Å². The highest BCUT2D eigenvalue weighted by atomic mass is 32.1. The molecule has 3 aromatic rings. The van der Waals surface area contributed by atoms with E-state index in [1.54, 1.807) is 0 Å². The van der Waals surface area contributed by atoms with Gasteiger partial charge in [0.05, 0.1) is 21.3 Å². The number of nitrogens with zero attached hydrogens (tertiary/aromatic N) is 3. The number of hydrogen-bond donors (Lipinski definition) is 1. The Morgan fingerprint density at radius 2 is 1.69 bits per heavy atom. The predicted octanol–water partition coefficient (Wildman–Crippen LogP) is 3.35. The maximum Gasteiger partial charge on any atom is 0.277 e. The Morgan fingerprint density at radius 3 is 2.35 bits per heavy atom. The highest BCUT2D eigenvalue weighted by Gasteiger charge is 2.22. The average molecular weight is 372 g/mol. The van der Waals surface area contributed by atoms with Crippen LogP contribution in [0.3, 0.4) is 0 Å². The number of H-pyrrole nitrogens is 1. The molecule has 0 aliphatic heterocycles. The molecule has 2 heterocycles. The van der Waals surface area contributed by atoms with E-state index < -0.39 is 21.2 Å². The van der Waals surface area contributed by atoms with Crippen LogP contribution in [0, 0.1) is 20.2 Å². The number of fused-ring (bicyclic) bond motifs is 3. The molecule has 4 rings (SSSR count). The third kappa shape index (κ3) is 2.64. The molecule has 9 nitrogen and oxygen atoms in total. The number of non-ortho nitro benzene ring substituents is 2. The Hall–Kier alpha value is -3.14. The van der Waals surface area contributed by atoms with Crippen LogP contribution in [0.2, 0.25) is 0 Å². The van der Waals surface area contributed by atoms with Crippen LogP contribution in [-0.4, -0.2) is 19.8 Å². The molecule has 1 aromatic carbocycles.